The number of benzene rings is 1. The summed E-state index contributed by atoms with van der Waals surface area (Å²) in [4.78, 5) is 25.5. The van der Waals surface area contributed by atoms with Crippen molar-refractivity contribution >= 4 is 17.6 Å². The number of fused-ring (bicyclic) bond motifs is 1. The third kappa shape index (κ3) is 3.29. The number of hydrogen-bond acceptors (Lipinski definition) is 2. The van der Waals surface area contributed by atoms with E-state index in [2.05, 4.69) is 10.6 Å². The van der Waals surface area contributed by atoms with Crippen LogP contribution in [0.3, 0.4) is 0 Å². The molecule has 1 aliphatic rings. The van der Waals surface area contributed by atoms with E-state index in [1.807, 2.05) is 38.1 Å². The Morgan fingerprint density at radius 3 is 2.85 bits per heavy atom. The van der Waals surface area contributed by atoms with E-state index in [1.54, 1.807) is 4.90 Å². The lowest BCUT2D eigenvalue weighted by molar-refractivity contribution is -0.117. The Morgan fingerprint density at radius 2 is 2.10 bits per heavy atom. The molecular weight excluding hydrogens is 254 g/mol. The fraction of sp³-hybridized carbons (Fsp3) is 0.467. The van der Waals surface area contributed by atoms with Crippen molar-refractivity contribution in [1.29, 1.82) is 0 Å². The number of nitrogens with zero attached hydrogens (tertiary/aromatic N) is 1. The molecule has 20 heavy (non-hydrogen) atoms. The van der Waals surface area contributed by atoms with Crippen molar-refractivity contribution in [3.05, 3.63) is 29.8 Å². The predicted octanol–water partition coefficient (Wildman–Crippen LogP) is 1.67. The van der Waals surface area contributed by atoms with Gasteiger partial charge in [-0.25, -0.2) is 4.79 Å². The van der Waals surface area contributed by atoms with Gasteiger partial charge in [0.05, 0.1) is 6.54 Å². The molecule has 1 heterocycles. The first-order valence-corrected chi connectivity index (χ1v) is 7.04. The summed E-state index contributed by atoms with van der Waals surface area (Å²) in [5.41, 5.74) is 2.14. The van der Waals surface area contributed by atoms with Crippen LogP contribution in [0, 0.1) is 0 Å². The Labute approximate surface area is 119 Å². The van der Waals surface area contributed by atoms with Crippen LogP contribution in [0.25, 0.3) is 0 Å². The molecule has 0 saturated heterocycles. The summed E-state index contributed by atoms with van der Waals surface area (Å²) in [6.07, 6.45) is 1.74. The lowest BCUT2D eigenvalue weighted by atomic mass is 10.2. The van der Waals surface area contributed by atoms with Crippen LogP contribution in [-0.2, 0) is 11.2 Å². The van der Waals surface area contributed by atoms with Crippen molar-refractivity contribution in [1.82, 2.24) is 10.6 Å². The Balaban J connectivity index is 1.86. The first-order valence-electron chi connectivity index (χ1n) is 7.04. The number of anilines is 1. The minimum Gasteiger partial charge on any atom is -0.336 e. The fourth-order valence-electron chi connectivity index (χ4n) is 2.23. The number of urea groups is 1. The van der Waals surface area contributed by atoms with Gasteiger partial charge in [0, 0.05) is 18.3 Å². The summed E-state index contributed by atoms with van der Waals surface area (Å²) in [6.45, 7) is 4.64. The highest BCUT2D eigenvalue weighted by Gasteiger charge is 2.24. The number of para-hydroxylation sites is 1. The number of carbonyl (C=O) groups excluding carboxylic acids is 2. The molecule has 2 rings (SSSR count). The lowest BCUT2D eigenvalue weighted by Gasteiger charge is -2.18. The average Bonchev–Trinajstić information content (AvgIpc) is 2.88. The molecule has 0 aromatic heterocycles. The Bertz CT molecular complexity index is 502. The van der Waals surface area contributed by atoms with Crippen molar-refractivity contribution in [2.45, 2.75) is 32.7 Å². The molecule has 5 nitrogen and oxygen atoms in total. The zero-order chi connectivity index (χ0) is 14.5. The molecule has 1 aliphatic heterocycles. The molecule has 1 aromatic rings. The Kier molecular flexibility index (Phi) is 4.61. The predicted molar refractivity (Wildman–Crippen MR) is 78.8 cm³/mol. The topological polar surface area (TPSA) is 61.4 Å². The second kappa shape index (κ2) is 6.41. The molecule has 5 heteroatoms. The van der Waals surface area contributed by atoms with Crippen LogP contribution in [0.5, 0.6) is 0 Å². The van der Waals surface area contributed by atoms with Gasteiger partial charge < -0.3 is 15.5 Å². The zero-order valence-electron chi connectivity index (χ0n) is 12.0. The number of rotatable bonds is 4. The van der Waals surface area contributed by atoms with Crippen LogP contribution in [0.15, 0.2) is 24.3 Å². The zero-order valence-corrected chi connectivity index (χ0v) is 12.0. The summed E-state index contributed by atoms with van der Waals surface area (Å²) >= 11 is 0. The SMILES string of the molecule is CCC(C)NC(=O)NCC(=O)N1CCc2ccccc21. The number of amides is 3. The molecule has 108 valence electrons. The quantitative estimate of drug-likeness (QED) is 0.878. The number of nitrogens with one attached hydrogen (secondary N) is 2. The Hall–Kier alpha value is -2.04. The van der Waals surface area contributed by atoms with E-state index in [1.165, 1.54) is 5.56 Å². The van der Waals surface area contributed by atoms with E-state index in [0.29, 0.717) is 6.54 Å². The standard InChI is InChI=1S/C15H21N3O2/c1-3-11(2)17-15(20)16-10-14(19)18-9-8-12-6-4-5-7-13(12)18/h4-7,11H,3,8-10H2,1-2H3,(H2,16,17,20). The van der Waals surface area contributed by atoms with E-state index in [4.69, 9.17) is 0 Å². The maximum absolute atomic E-state index is 12.2. The van der Waals surface area contributed by atoms with E-state index in [9.17, 15) is 9.59 Å². The van der Waals surface area contributed by atoms with Gasteiger partial charge in [-0.1, -0.05) is 25.1 Å². The van der Waals surface area contributed by atoms with Gasteiger partial charge in [0.15, 0.2) is 0 Å². The molecule has 0 fully saturated rings. The highest BCUT2D eigenvalue weighted by Crippen LogP contribution is 2.27. The normalized spacial score (nSPS) is 14.6. The van der Waals surface area contributed by atoms with E-state index in [0.717, 1.165) is 18.5 Å². The van der Waals surface area contributed by atoms with Gasteiger partial charge in [-0.3, -0.25) is 4.79 Å². The number of hydrogen-bond donors (Lipinski definition) is 2. The van der Waals surface area contributed by atoms with Gasteiger partial charge in [-0.15, -0.1) is 0 Å². The summed E-state index contributed by atoms with van der Waals surface area (Å²) in [5.74, 6) is -0.0748. The molecule has 0 saturated carbocycles. The highest BCUT2D eigenvalue weighted by atomic mass is 16.2. The molecule has 2 N–H and O–H groups in total. The molecule has 0 aliphatic carbocycles. The summed E-state index contributed by atoms with van der Waals surface area (Å²) in [5, 5.41) is 5.39. The monoisotopic (exact) mass is 275 g/mol. The van der Waals surface area contributed by atoms with Gasteiger partial charge in [-0.2, -0.15) is 0 Å². The molecule has 0 bridgehead atoms. The molecule has 0 spiro atoms. The highest BCUT2D eigenvalue weighted by molar-refractivity contribution is 5.98. The first-order chi connectivity index (χ1) is 9.61. The minimum absolute atomic E-state index is 0.0244. The van der Waals surface area contributed by atoms with Crippen LogP contribution >= 0.6 is 0 Å². The number of carbonyl (C=O) groups is 2. The molecule has 1 aromatic carbocycles. The summed E-state index contributed by atoms with van der Waals surface area (Å²) in [7, 11) is 0. The maximum atomic E-state index is 12.2. The maximum Gasteiger partial charge on any atom is 0.315 e. The van der Waals surface area contributed by atoms with Crippen LogP contribution in [-0.4, -0.2) is 31.1 Å². The van der Waals surface area contributed by atoms with Gasteiger partial charge in [-0.05, 0) is 31.4 Å². The second-order valence-corrected chi connectivity index (χ2v) is 5.06. The van der Waals surface area contributed by atoms with Crippen molar-refractivity contribution in [3.63, 3.8) is 0 Å². The second-order valence-electron chi connectivity index (χ2n) is 5.06. The first kappa shape index (κ1) is 14.4. The van der Waals surface area contributed by atoms with Crippen LogP contribution in [0.1, 0.15) is 25.8 Å². The largest absolute Gasteiger partial charge is 0.336 e. The van der Waals surface area contributed by atoms with Gasteiger partial charge >= 0.3 is 6.03 Å². The third-order valence-corrected chi connectivity index (χ3v) is 3.58. The molecular formula is C15H21N3O2. The minimum atomic E-state index is -0.291. The van der Waals surface area contributed by atoms with Crippen molar-refractivity contribution in [2.75, 3.05) is 18.0 Å². The van der Waals surface area contributed by atoms with Crippen molar-refractivity contribution < 1.29 is 9.59 Å². The van der Waals surface area contributed by atoms with E-state index >= 15 is 0 Å². The summed E-state index contributed by atoms with van der Waals surface area (Å²) in [6, 6.07) is 7.70. The van der Waals surface area contributed by atoms with Crippen molar-refractivity contribution in [3.8, 4) is 0 Å². The van der Waals surface area contributed by atoms with E-state index in [-0.39, 0.29) is 24.5 Å². The van der Waals surface area contributed by atoms with E-state index < -0.39 is 0 Å². The average molecular weight is 275 g/mol. The molecule has 0 radical (unpaired) electrons. The fourth-order valence-corrected chi connectivity index (χ4v) is 2.23. The lowest BCUT2D eigenvalue weighted by Crippen LogP contribution is -2.45. The van der Waals surface area contributed by atoms with Gasteiger partial charge in [0.1, 0.15) is 0 Å². The molecule has 1 atom stereocenters. The summed E-state index contributed by atoms with van der Waals surface area (Å²) < 4.78 is 0. The van der Waals surface area contributed by atoms with Gasteiger partial charge in [0.2, 0.25) is 5.91 Å². The van der Waals surface area contributed by atoms with Crippen LogP contribution in [0.4, 0.5) is 10.5 Å². The molecule has 3 amide bonds. The Morgan fingerprint density at radius 1 is 1.35 bits per heavy atom. The third-order valence-electron chi connectivity index (χ3n) is 3.58. The molecule has 1 unspecified atom stereocenters. The van der Waals surface area contributed by atoms with Crippen LogP contribution < -0.4 is 15.5 Å². The van der Waals surface area contributed by atoms with Crippen LogP contribution in [0.2, 0.25) is 0 Å². The van der Waals surface area contributed by atoms with Gasteiger partial charge in [0.25, 0.3) is 0 Å². The smallest absolute Gasteiger partial charge is 0.315 e. The van der Waals surface area contributed by atoms with Crippen molar-refractivity contribution in [2.24, 2.45) is 0 Å².